The number of benzene rings is 2. The number of nitrogens with one attached hydrogen (secondary N) is 1. The third-order valence-electron chi connectivity index (χ3n) is 4.89. The molecule has 0 amide bonds. The van der Waals surface area contributed by atoms with E-state index in [0.29, 0.717) is 22.3 Å². The Bertz CT molecular complexity index is 1020. The predicted octanol–water partition coefficient (Wildman–Crippen LogP) is 4.08. The van der Waals surface area contributed by atoms with Crippen LogP contribution >= 0.6 is 0 Å². The number of hydrogen-bond donors (Lipinski definition) is 2. The summed E-state index contributed by atoms with van der Waals surface area (Å²) in [5, 5.41) is 14.2. The zero-order chi connectivity index (χ0) is 19.9. The number of halogens is 3. The molecule has 2 unspecified atom stereocenters. The molecule has 0 saturated carbocycles. The highest BCUT2D eigenvalue weighted by atomic mass is 19.4. The topological polar surface area (TPSA) is 63.6 Å². The molecule has 0 aliphatic carbocycles. The van der Waals surface area contributed by atoms with Crippen LogP contribution in [0.2, 0.25) is 0 Å². The van der Waals surface area contributed by atoms with Gasteiger partial charge in [-0.15, -0.1) is 0 Å². The predicted molar refractivity (Wildman–Crippen MR) is 97.6 cm³/mol. The number of hydrogen-bond acceptors (Lipinski definition) is 5. The summed E-state index contributed by atoms with van der Waals surface area (Å²) in [4.78, 5) is 4.22. The molecular weight excluding hydrogens is 373 g/mol. The average molecular weight is 390 g/mol. The monoisotopic (exact) mass is 390 g/mol. The van der Waals surface area contributed by atoms with E-state index in [4.69, 9.17) is 9.47 Å². The summed E-state index contributed by atoms with van der Waals surface area (Å²) in [5.74, 6) is 0.475. The summed E-state index contributed by atoms with van der Waals surface area (Å²) in [5.41, 5.74) is -1.92. The molecule has 0 radical (unpaired) electrons. The number of rotatable bonds is 3. The first-order chi connectivity index (χ1) is 13.3. The molecule has 1 aliphatic rings. The van der Waals surface area contributed by atoms with Crippen LogP contribution in [0.25, 0.3) is 10.9 Å². The van der Waals surface area contributed by atoms with Crippen molar-refractivity contribution in [2.45, 2.75) is 17.8 Å². The fourth-order valence-corrected chi connectivity index (χ4v) is 3.43. The number of aromatic nitrogens is 1. The Morgan fingerprint density at radius 2 is 1.96 bits per heavy atom. The fraction of sp³-hybridized carbons (Fsp3) is 0.250. The summed E-state index contributed by atoms with van der Waals surface area (Å²) < 4.78 is 52.1. The molecule has 5 nitrogen and oxygen atoms in total. The molecule has 1 aliphatic heterocycles. The van der Waals surface area contributed by atoms with Gasteiger partial charge in [0.2, 0.25) is 5.60 Å². The van der Waals surface area contributed by atoms with Crippen molar-refractivity contribution in [3.8, 4) is 11.5 Å². The molecule has 0 fully saturated rings. The molecule has 2 aromatic carbocycles. The van der Waals surface area contributed by atoms with Crippen molar-refractivity contribution in [1.29, 1.82) is 0 Å². The van der Waals surface area contributed by atoms with Gasteiger partial charge in [0.25, 0.3) is 0 Å². The van der Waals surface area contributed by atoms with Crippen molar-refractivity contribution in [2.75, 3.05) is 19.0 Å². The molecular formula is C20H17F3N2O3. The first-order valence-corrected chi connectivity index (χ1v) is 8.54. The molecule has 1 aromatic heterocycles. The Kier molecular flexibility index (Phi) is 4.30. The van der Waals surface area contributed by atoms with Gasteiger partial charge < -0.3 is 19.9 Å². The lowest BCUT2D eigenvalue weighted by atomic mass is 9.85. The fourth-order valence-electron chi connectivity index (χ4n) is 3.43. The molecule has 2 N–H and O–H groups in total. The number of para-hydroxylation sites is 1. The minimum Gasteiger partial charge on any atom is -0.493 e. The SMILES string of the molecule is COc1cccc2c1OCC(O)(C(F)(F)F)C2Nc1cccc2ncccc12. The molecule has 28 heavy (non-hydrogen) atoms. The van der Waals surface area contributed by atoms with Gasteiger partial charge in [0.15, 0.2) is 11.5 Å². The van der Waals surface area contributed by atoms with E-state index < -0.39 is 24.4 Å². The van der Waals surface area contributed by atoms with E-state index in [9.17, 15) is 18.3 Å². The van der Waals surface area contributed by atoms with Crippen LogP contribution in [0.3, 0.4) is 0 Å². The molecule has 0 saturated heterocycles. The maximum Gasteiger partial charge on any atom is 0.423 e. The van der Waals surface area contributed by atoms with Gasteiger partial charge in [0.05, 0.1) is 18.7 Å². The average Bonchev–Trinajstić information content (AvgIpc) is 2.69. The number of anilines is 1. The van der Waals surface area contributed by atoms with E-state index in [1.807, 2.05) is 0 Å². The lowest BCUT2D eigenvalue weighted by molar-refractivity contribution is -0.278. The van der Waals surface area contributed by atoms with Crippen LogP contribution in [0.15, 0.2) is 54.7 Å². The van der Waals surface area contributed by atoms with E-state index in [0.717, 1.165) is 0 Å². The van der Waals surface area contributed by atoms with Crippen molar-refractivity contribution in [2.24, 2.45) is 0 Å². The minimum absolute atomic E-state index is 0.159. The van der Waals surface area contributed by atoms with Crippen LogP contribution in [-0.4, -0.2) is 35.6 Å². The Morgan fingerprint density at radius 3 is 2.71 bits per heavy atom. The second kappa shape index (κ2) is 6.56. The van der Waals surface area contributed by atoms with Gasteiger partial charge >= 0.3 is 6.18 Å². The lowest BCUT2D eigenvalue weighted by Gasteiger charge is -2.42. The molecule has 2 atom stereocenters. The van der Waals surface area contributed by atoms with Crippen molar-refractivity contribution in [3.63, 3.8) is 0 Å². The minimum atomic E-state index is -4.92. The first kappa shape index (κ1) is 18.4. The number of methoxy groups -OCH3 is 1. The maximum atomic E-state index is 13.9. The highest BCUT2D eigenvalue weighted by Gasteiger charge is 2.62. The highest BCUT2D eigenvalue weighted by molar-refractivity contribution is 5.91. The van der Waals surface area contributed by atoms with Gasteiger partial charge in [-0.25, -0.2) is 0 Å². The molecule has 2 heterocycles. The van der Waals surface area contributed by atoms with Crippen LogP contribution in [-0.2, 0) is 0 Å². The summed E-state index contributed by atoms with van der Waals surface area (Å²) in [6, 6.07) is 11.7. The van der Waals surface area contributed by atoms with Gasteiger partial charge in [-0.05, 0) is 30.3 Å². The van der Waals surface area contributed by atoms with E-state index in [1.54, 1.807) is 48.7 Å². The standard InChI is InChI=1S/C20H17F3N2O3/c1-27-16-9-2-5-13-17(16)28-11-19(26,20(21,22)23)18(13)25-15-8-3-7-14-12(15)6-4-10-24-14/h2-10,18,25-26H,11H2,1H3. The number of fused-ring (bicyclic) bond motifs is 2. The number of alkyl halides is 3. The normalized spacial score (nSPS) is 21.7. The summed E-state index contributed by atoms with van der Waals surface area (Å²) in [7, 11) is 1.41. The quantitative estimate of drug-likeness (QED) is 0.706. The van der Waals surface area contributed by atoms with Crippen LogP contribution in [0.4, 0.5) is 18.9 Å². The smallest absolute Gasteiger partial charge is 0.423 e. The number of aliphatic hydroxyl groups is 1. The van der Waals surface area contributed by atoms with Crippen LogP contribution in [0, 0.1) is 0 Å². The van der Waals surface area contributed by atoms with Gasteiger partial charge in [0, 0.05) is 22.8 Å². The van der Waals surface area contributed by atoms with Gasteiger partial charge in [0.1, 0.15) is 6.61 Å². The summed E-state index contributed by atoms with van der Waals surface area (Å²) in [6.07, 6.45) is -3.32. The molecule has 0 spiro atoms. The van der Waals surface area contributed by atoms with Crippen molar-refractivity contribution in [3.05, 3.63) is 60.3 Å². The van der Waals surface area contributed by atoms with Crippen molar-refractivity contribution in [1.82, 2.24) is 4.98 Å². The van der Waals surface area contributed by atoms with Gasteiger partial charge in [-0.2, -0.15) is 13.2 Å². The summed E-state index contributed by atoms with van der Waals surface area (Å²) >= 11 is 0. The highest BCUT2D eigenvalue weighted by Crippen LogP contribution is 2.50. The Labute approximate surface area is 158 Å². The van der Waals surface area contributed by atoms with E-state index in [1.165, 1.54) is 13.2 Å². The van der Waals surface area contributed by atoms with Crippen LogP contribution < -0.4 is 14.8 Å². The zero-order valence-electron chi connectivity index (χ0n) is 14.8. The Morgan fingerprint density at radius 1 is 1.18 bits per heavy atom. The number of nitrogens with zero attached hydrogens (tertiary/aromatic N) is 1. The second-order valence-electron chi connectivity index (χ2n) is 6.54. The largest absolute Gasteiger partial charge is 0.493 e. The Balaban J connectivity index is 1.88. The van der Waals surface area contributed by atoms with E-state index >= 15 is 0 Å². The third kappa shape index (κ3) is 2.80. The maximum absolute atomic E-state index is 13.9. The van der Waals surface area contributed by atoms with Gasteiger partial charge in [-0.3, -0.25) is 4.98 Å². The number of ether oxygens (including phenoxy) is 2. The van der Waals surface area contributed by atoms with Crippen LogP contribution in [0.1, 0.15) is 11.6 Å². The molecule has 0 bridgehead atoms. The Hall–Kier alpha value is -3.00. The lowest BCUT2D eigenvalue weighted by Crippen LogP contribution is -2.58. The molecule has 8 heteroatoms. The zero-order valence-corrected chi connectivity index (χ0v) is 14.8. The van der Waals surface area contributed by atoms with Gasteiger partial charge in [-0.1, -0.05) is 18.2 Å². The van der Waals surface area contributed by atoms with Crippen LogP contribution in [0.5, 0.6) is 11.5 Å². The number of pyridine rings is 1. The van der Waals surface area contributed by atoms with E-state index in [2.05, 4.69) is 10.3 Å². The van der Waals surface area contributed by atoms with Crippen molar-refractivity contribution >= 4 is 16.6 Å². The third-order valence-corrected chi connectivity index (χ3v) is 4.89. The molecule has 146 valence electrons. The second-order valence-corrected chi connectivity index (χ2v) is 6.54. The summed E-state index contributed by atoms with van der Waals surface area (Å²) in [6.45, 7) is -0.954. The van der Waals surface area contributed by atoms with E-state index in [-0.39, 0.29) is 11.3 Å². The van der Waals surface area contributed by atoms with Crippen molar-refractivity contribution < 1.29 is 27.8 Å². The first-order valence-electron chi connectivity index (χ1n) is 8.54. The molecule has 4 rings (SSSR count). The molecule has 3 aromatic rings.